The van der Waals surface area contributed by atoms with E-state index in [4.69, 9.17) is 14.7 Å². The van der Waals surface area contributed by atoms with E-state index in [9.17, 15) is 4.39 Å². The van der Waals surface area contributed by atoms with Gasteiger partial charge in [-0.25, -0.2) is 4.39 Å². The van der Waals surface area contributed by atoms with Crippen molar-refractivity contribution in [2.24, 2.45) is 5.92 Å². The molecule has 2 fully saturated rings. The Morgan fingerprint density at radius 2 is 1.91 bits per heavy atom. The van der Waals surface area contributed by atoms with Crippen molar-refractivity contribution < 1.29 is 9.13 Å². The van der Waals surface area contributed by atoms with Gasteiger partial charge < -0.3 is 25.6 Å². The predicted octanol–water partition coefficient (Wildman–Crippen LogP) is 4.72. The summed E-state index contributed by atoms with van der Waals surface area (Å²) in [6, 6.07) is 5.42. The van der Waals surface area contributed by atoms with E-state index in [0.29, 0.717) is 35.5 Å². The van der Waals surface area contributed by atoms with Gasteiger partial charge in [0.15, 0.2) is 11.6 Å². The Morgan fingerprint density at radius 1 is 1.12 bits per heavy atom. The topological polar surface area (TPSA) is 87.2 Å². The van der Waals surface area contributed by atoms with Gasteiger partial charge in [0.05, 0.1) is 7.11 Å². The van der Waals surface area contributed by atoms with Crippen LogP contribution in [-0.4, -0.2) is 54.3 Å². The molecule has 2 heterocycles. The SMILES string of the molecule is CCC(C1CCCN1)N(C)c1nc(NCC2CCCCC2)nc(Nc2ccc(OC)c(F)c2)n1. The van der Waals surface area contributed by atoms with E-state index < -0.39 is 5.82 Å². The Bertz CT molecular complexity index is 931. The largest absolute Gasteiger partial charge is 0.494 e. The van der Waals surface area contributed by atoms with Gasteiger partial charge >= 0.3 is 0 Å². The van der Waals surface area contributed by atoms with Gasteiger partial charge in [-0.1, -0.05) is 26.2 Å². The van der Waals surface area contributed by atoms with Gasteiger partial charge in [-0.3, -0.25) is 0 Å². The summed E-state index contributed by atoms with van der Waals surface area (Å²) in [6.45, 7) is 4.10. The van der Waals surface area contributed by atoms with E-state index in [1.807, 2.05) is 7.05 Å². The fourth-order valence-corrected chi connectivity index (χ4v) is 5.17. The van der Waals surface area contributed by atoms with Crippen molar-refractivity contribution in [1.29, 1.82) is 0 Å². The summed E-state index contributed by atoms with van der Waals surface area (Å²) in [4.78, 5) is 16.2. The minimum atomic E-state index is -0.437. The third-order valence-electron chi connectivity index (χ3n) is 7.10. The Morgan fingerprint density at radius 3 is 2.59 bits per heavy atom. The van der Waals surface area contributed by atoms with Gasteiger partial charge in [-0.2, -0.15) is 15.0 Å². The molecule has 0 radical (unpaired) electrons. The van der Waals surface area contributed by atoms with Gasteiger partial charge in [0.25, 0.3) is 0 Å². The van der Waals surface area contributed by atoms with Crippen LogP contribution >= 0.6 is 0 Å². The highest BCUT2D eigenvalue weighted by Gasteiger charge is 2.28. The van der Waals surface area contributed by atoms with E-state index in [1.165, 1.54) is 51.7 Å². The van der Waals surface area contributed by atoms with Crippen LogP contribution in [0.1, 0.15) is 58.3 Å². The molecule has 2 unspecified atom stereocenters. The van der Waals surface area contributed by atoms with Crippen LogP contribution in [-0.2, 0) is 0 Å². The second-order valence-corrected chi connectivity index (χ2v) is 9.43. The van der Waals surface area contributed by atoms with E-state index in [0.717, 1.165) is 25.9 Å². The van der Waals surface area contributed by atoms with E-state index in [-0.39, 0.29) is 11.8 Å². The lowest BCUT2D eigenvalue weighted by Crippen LogP contribution is -2.46. The van der Waals surface area contributed by atoms with E-state index in [1.54, 1.807) is 12.1 Å². The van der Waals surface area contributed by atoms with Crippen LogP contribution < -0.4 is 25.6 Å². The summed E-state index contributed by atoms with van der Waals surface area (Å²) < 4.78 is 19.3. The first-order chi connectivity index (χ1) is 16.6. The summed E-state index contributed by atoms with van der Waals surface area (Å²) in [5.41, 5.74) is 0.556. The van der Waals surface area contributed by atoms with Crippen LogP contribution in [0.2, 0.25) is 0 Å². The van der Waals surface area contributed by atoms with Crippen LogP contribution in [0, 0.1) is 11.7 Å². The minimum absolute atomic E-state index is 0.200. The number of benzene rings is 1. The first-order valence-electron chi connectivity index (χ1n) is 12.6. The van der Waals surface area contributed by atoms with Crippen molar-refractivity contribution in [2.45, 2.75) is 70.4 Å². The van der Waals surface area contributed by atoms with Crippen LogP contribution in [0.5, 0.6) is 5.75 Å². The van der Waals surface area contributed by atoms with Crippen molar-refractivity contribution in [3.8, 4) is 5.75 Å². The number of aromatic nitrogens is 3. The molecule has 1 aliphatic heterocycles. The van der Waals surface area contributed by atoms with Crippen LogP contribution in [0.4, 0.5) is 27.9 Å². The highest BCUT2D eigenvalue weighted by atomic mass is 19.1. The standard InChI is InChI=1S/C25H38FN7O/c1-4-21(20-11-8-14-27-20)33(2)25-31-23(28-16-17-9-6-5-7-10-17)30-24(32-25)29-18-12-13-22(34-3)19(26)15-18/h12-13,15,17,20-21,27H,4-11,14,16H2,1-3H3,(H2,28,29,30,31,32). The molecule has 0 spiro atoms. The molecule has 1 aromatic carbocycles. The normalized spacial score (nSPS) is 19.6. The zero-order chi connectivity index (χ0) is 23.9. The number of hydrogen-bond donors (Lipinski definition) is 3. The lowest BCUT2D eigenvalue weighted by Gasteiger charge is -2.32. The van der Waals surface area contributed by atoms with E-state index >= 15 is 0 Å². The lowest BCUT2D eigenvalue weighted by molar-refractivity contribution is 0.373. The molecule has 8 nitrogen and oxygen atoms in total. The molecule has 2 atom stereocenters. The summed E-state index contributed by atoms with van der Waals surface area (Å²) in [5.74, 6) is 1.96. The number of nitrogens with zero attached hydrogens (tertiary/aromatic N) is 4. The third kappa shape index (κ3) is 6.05. The number of nitrogens with one attached hydrogen (secondary N) is 3. The maximum atomic E-state index is 14.2. The molecule has 0 amide bonds. The summed E-state index contributed by atoms with van der Waals surface area (Å²) in [6.07, 6.45) is 9.72. The average Bonchev–Trinajstić information content (AvgIpc) is 3.38. The molecule has 186 valence electrons. The van der Waals surface area contributed by atoms with Crippen LogP contribution in [0.15, 0.2) is 18.2 Å². The number of hydrogen-bond acceptors (Lipinski definition) is 8. The van der Waals surface area contributed by atoms with Crippen LogP contribution in [0.3, 0.4) is 0 Å². The van der Waals surface area contributed by atoms with Crippen molar-refractivity contribution >= 4 is 23.5 Å². The molecular weight excluding hydrogens is 433 g/mol. The molecule has 34 heavy (non-hydrogen) atoms. The maximum Gasteiger partial charge on any atom is 0.233 e. The Kier molecular flexibility index (Phi) is 8.37. The van der Waals surface area contributed by atoms with Crippen molar-refractivity contribution in [3.05, 3.63) is 24.0 Å². The first-order valence-corrected chi connectivity index (χ1v) is 12.6. The monoisotopic (exact) mass is 471 g/mol. The summed E-state index contributed by atoms with van der Waals surface area (Å²) >= 11 is 0. The van der Waals surface area contributed by atoms with Crippen molar-refractivity contribution in [2.75, 3.05) is 42.8 Å². The smallest absolute Gasteiger partial charge is 0.233 e. The fourth-order valence-electron chi connectivity index (χ4n) is 5.17. The zero-order valence-corrected chi connectivity index (χ0v) is 20.6. The van der Waals surface area contributed by atoms with Gasteiger partial charge in [-0.15, -0.1) is 0 Å². The van der Waals surface area contributed by atoms with Crippen LogP contribution in [0.25, 0.3) is 0 Å². The number of anilines is 4. The number of likely N-dealkylation sites (N-methyl/N-ethyl adjacent to an activating group) is 1. The second kappa shape index (κ2) is 11.6. The average molecular weight is 472 g/mol. The Balaban J connectivity index is 1.57. The Hall–Kier alpha value is -2.68. The fraction of sp³-hybridized carbons (Fsp3) is 0.640. The molecule has 1 saturated heterocycles. The van der Waals surface area contributed by atoms with Gasteiger partial charge in [0.1, 0.15) is 0 Å². The van der Waals surface area contributed by atoms with Crippen molar-refractivity contribution in [1.82, 2.24) is 20.3 Å². The number of methoxy groups -OCH3 is 1. The summed E-state index contributed by atoms with van der Waals surface area (Å²) in [7, 11) is 3.50. The van der Waals surface area contributed by atoms with Gasteiger partial charge in [-0.05, 0) is 56.7 Å². The molecule has 3 N–H and O–H groups in total. The molecule has 4 rings (SSSR count). The Labute approximate surface area is 202 Å². The van der Waals surface area contributed by atoms with Gasteiger partial charge in [0.2, 0.25) is 17.8 Å². The molecule has 1 saturated carbocycles. The molecular formula is C25H38FN7O. The maximum absolute atomic E-state index is 14.2. The molecule has 1 aromatic heterocycles. The number of rotatable bonds is 10. The summed E-state index contributed by atoms with van der Waals surface area (Å²) in [5, 5.41) is 10.2. The zero-order valence-electron chi connectivity index (χ0n) is 20.6. The predicted molar refractivity (Wildman–Crippen MR) is 135 cm³/mol. The molecule has 2 aromatic rings. The molecule has 2 aliphatic rings. The highest BCUT2D eigenvalue weighted by Crippen LogP contribution is 2.27. The first kappa shape index (κ1) is 24.4. The molecule has 0 bridgehead atoms. The van der Waals surface area contributed by atoms with E-state index in [2.05, 4.69) is 32.8 Å². The number of halogens is 1. The second-order valence-electron chi connectivity index (χ2n) is 9.43. The molecule has 1 aliphatic carbocycles. The van der Waals surface area contributed by atoms with Crippen molar-refractivity contribution in [3.63, 3.8) is 0 Å². The lowest BCUT2D eigenvalue weighted by atomic mass is 9.89. The molecule has 9 heteroatoms. The quantitative estimate of drug-likeness (QED) is 0.459. The minimum Gasteiger partial charge on any atom is -0.494 e. The third-order valence-corrected chi connectivity index (χ3v) is 7.10. The number of ether oxygens (including phenoxy) is 1. The van der Waals surface area contributed by atoms with Gasteiger partial charge in [0, 0.05) is 37.4 Å². The highest BCUT2D eigenvalue weighted by molar-refractivity contribution is 5.57.